The summed E-state index contributed by atoms with van der Waals surface area (Å²) in [4.78, 5) is 11.9. The van der Waals surface area contributed by atoms with Crippen molar-refractivity contribution < 1.29 is 9.90 Å². The van der Waals surface area contributed by atoms with Crippen LogP contribution < -0.4 is 0 Å². The zero-order valence-electron chi connectivity index (χ0n) is 10.5. The number of thiophene rings is 1. The van der Waals surface area contributed by atoms with E-state index in [0.29, 0.717) is 17.6 Å². The molecule has 8 heteroatoms. The highest BCUT2D eigenvalue weighted by Crippen LogP contribution is 2.40. The molecule has 5 nitrogen and oxygen atoms in total. The van der Waals surface area contributed by atoms with E-state index >= 15 is 0 Å². The number of carbonyl (C=O) groups is 1. The van der Waals surface area contributed by atoms with Gasteiger partial charge in [-0.05, 0) is 40.9 Å². The van der Waals surface area contributed by atoms with Gasteiger partial charge in [0.25, 0.3) is 0 Å². The molecule has 0 unspecified atom stereocenters. The number of halogens is 1. The summed E-state index contributed by atoms with van der Waals surface area (Å²) in [6.07, 6.45) is 2.30. The summed E-state index contributed by atoms with van der Waals surface area (Å²) < 4.78 is 3.15. The fraction of sp³-hybridized carbons (Fsp3) is 0.417. The van der Waals surface area contributed by atoms with E-state index in [1.807, 2.05) is 6.07 Å². The van der Waals surface area contributed by atoms with Crippen LogP contribution in [0.1, 0.15) is 29.5 Å². The van der Waals surface area contributed by atoms with Crippen LogP contribution in [0.25, 0.3) is 0 Å². The quantitative estimate of drug-likeness (QED) is 0.787. The van der Waals surface area contributed by atoms with Gasteiger partial charge in [0, 0.05) is 10.8 Å². The van der Waals surface area contributed by atoms with Gasteiger partial charge in [-0.15, -0.1) is 21.5 Å². The Morgan fingerprint density at radius 3 is 2.90 bits per heavy atom. The molecule has 0 saturated heterocycles. The summed E-state index contributed by atoms with van der Waals surface area (Å²) in [6, 6.07) is 4.09. The molecule has 1 saturated carbocycles. The maximum absolute atomic E-state index is 10.7. The number of thioether (sulfide) groups is 1. The van der Waals surface area contributed by atoms with E-state index < -0.39 is 5.97 Å². The molecular formula is C12H12BrN3O2S2. The van der Waals surface area contributed by atoms with Crippen molar-refractivity contribution in [3.63, 3.8) is 0 Å². The summed E-state index contributed by atoms with van der Waals surface area (Å²) in [5.74, 6) is 0.653. The first kappa shape index (κ1) is 14.1. The van der Waals surface area contributed by atoms with Gasteiger partial charge in [-0.2, -0.15) is 0 Å². The average Bonchev–Trinajstić information content (AvgIpc) is 3.05. The molecule has 0 atom stereocenters. The second-order valence-electron chi connectivity index (χ2n) is 4.59. The molecule has 0 aromatic carbocycles. The van der Waals surface area contributed by atoms with E-state index in [-0.39, 0.29) is 5.75 Å². The zero-order valence-corrected chi connectivity index (χ0v) is 13.7. The molecule has 0 radical (unpaired) electrons. The van der Waals surface area contributed by atoms with Gasteiger partial charge < -0.3 is 9.67 Å². The Bertz CT molecular complexity index is 636. The molecule has 1 aliphatic carbocycles. The normalized spacial score (nSPS) is 14.7. The molecule has 0 aliphatic heterocycles. The number of aliphatic carboxylic acids is 1. The minimum atomic E-state index is -0.837. The number of hydrogen-bond donors (Lipinski definition) is 1. The van der Waals surface area contributed by atoms with Crippen molar-refractivity contribution in [1.29, 1.82) is 0 Å². The Morgan fingerprint density at radius 2 is 2.30 bits per heavy atom. The Labute approximate surface area is 132 Å². The van der Waals surface area contributed by atoms with Crippen LogP contribution in [0.15, 0.2) is 21.1 Å². The first-order valence-corrected chi connectivity index (χ1v) is 8.75. The van der Waals surface area contributed by atoms with Gasteiger partial charge >= 0.3 is 5.97 Å². The van der Waals surface area contributed by atoms with Crippen molar-refractivity contribution in [2.24, 2.45) is 0 Å². The minimum Gasteiger partial charge on any atom is -0.481 e. The Kier molecular flexibility index (Phi) is 4.13. The molecule has 1 fully saturated rings. The van der Waals surface area contributed by atoms with Crippen molar-refractivity contribution >= 4 is 45.0 Å². The van der Waals surface area contributed by atoms with Crippen LogP contribution >= 0.6 is 39.0 Å². The lowest BCUT2D eigenvalue weighted by Crippen LogP contribution is -2.06. The van der Waals surface area contributed by atoms with E-state index in [4.69, 9.17) is 5.11 Å². The van der Waals surface area contributed by atoms with Gasteiger partial charge in [-0.3, -0.25) is 4.79 Å². The summed E-state index contributed by atoms with van der Waals surface area (Å²) in [6.45, 7) is 0.705. The standard InChI is InChI=1S/C12H12BrN3O2S2/c13-9-4-3-8(20-9)5-16-11(7-1-2-7)14-15-12(16)19-6-10(17)18/h3-4,7H,1-2,5-6H2,(H,17,18). The number of carboxylic acid groups (broad SMARTS) is 1. The summed E-state index contributed by atoms with van der Waals surface area (Å²) >= 11 is 6.36. The minimum absolute atomic E-state index is 0.0108. The van der Waals surface area contributed by atoms with Gasteiger partial charge in [0.15, 0.2) is 5.16 Å². The molecule has 2 heterocycles. The monoisotopic (exact) mass is 373 g/mol. The van der Waals surface area contributed by atoms with Gasteiger partial charge in [0.05, 0.1) is 16.1 Å². The predicted octanol–water partition coefficient (Wildman–Crippen LogP) is 3.20. The van der Waals surface area contributed by atoms with Gasteiger partial charge in [0.2, 0.25) is 0 Å². The molecule has 0 amide bonds. The molecule has 0 spiro atoms. The van der Waals surface area contributed by atoms with Crippen molar-refractivity contribution in [3.8, 4) is 0 Å². The maximum atomic E-state index is 10.7. The van der Waals surface area contributed by atoms with E-state index in [0.717, 1.165) is 22.5 Å². The molecular weight excluding hydrogens is 362 g/mol. The molecule has 2 aromatic heterocycles. The topological polar surface area (TPSA) is 68.0 Å². The summed E-state index contributed by atoms with van der Waals surface area (Å²) in [5, 5.41) is 17.9. The van der Waals surface area contributed by atoms with Crippen molar-refractivity contribution in [2.45, 2.75) is 30.5 Å². The molecule has 3 rings (SSSR count). The summed E-state index contributed by atoms with van der Waals surface area (Å²) in [7, 11) is 0. The largest absolute Gasteiger partial charge is 0.481 e. The van der Waals surface area contributed by atoms with Crippen molar-refractivity contribution in [2.75, 3.05) is 5.75 Å². The van der Waals surface area contributed by atoms with Crippen LogP contribution in [0.5, 0.6) is 0 Å². The molecule has 20 heavy (non-hydrogen) atoms. The van der Waals surface area contributed by atoms with Gasteiger partial charge in [-0.25, -0.2) is 0 Å². The smallest absolute Gasteiger partial charge is 0.313 e. The van der Waals surface area contributed by atoms with E-state index in [9.17, 15) is 4.79 Å². The Morgan fingerprint density at radius 1 is 1.50 bits per heavy atom. The van der Waals surface area contributed by atoms with Crippen LogP contribution in [-0.2, 0) is 11.3 Å². The Balaban J connectivity index is 1.84. The molecule has 1 N–H and O–H groups in total. The second kappa shape index (κ2) is 5.87. The molecule has 106 valence electrons. The number of hydrogen-bond acceptors (Lipinski definition) is 5. The number of carboxylic acids is 1. The molecule has 0 bridgehead atoms. The van der Waals surface area contributed by atoms with Crippen molar-refractivity contribution in [1.82, 2.24) is 14.8 Å². The van der Waals surface area contributed by atoms with Crippen LogP contribution in [0.2, 0.25) is 0 Å². The van der Waals surface area contributed by atoms with Crippen molar-refractivity contribution in [3.05, 3.63) is 26.6 Å². The zero-order chi connectivity index (χ0) is 14.1. The third-order valence-corrected chi connectivity index (χ3v) is 5.52. The van der Waals surface area contributed by atoms with E-state index in [1.165, 1.54) is 16.6 Å². The molecule has 2 aromatic rings. The highest BCUT2D eigenvalue weighted by molar-refractivity contribution is 9.11. The maximum Gasteiger partial charge on any atom is 0.313 e. The lowest BCUT2D eigenvalue weighted by molar-refractivity contribution is -0.133. The third-order valence-electron chi connectivity index (χ3n) is 2.96. The van der Waals surface area contributed by atoms with Gasteiger partial charge in [-0.1, -0.05) is 11.8 Å². The van der Waals surface area contributed by atoms with Crippen LogP contribution in [0, 0.1) is 0 Å². The number of rotatable bonds is 6. The van der Waals surface area contributed by atoms with Gasteiger partial charge in [0.1, 0.15) is 5.82 Å². The fourth-order valence-electron chi connectivity index (χ4n) is 1.92. The lowest BCUT2D eigenvalue weighted by Gasteiger charge is -2.07. The number of nitrogens with zero attached hydrogens (tertiary/aromatic N) is 3. The number of aromatic nitrogens is 3. The van der Waals surface area contributed by atoms with Crippen LogP contribution in [0.3, 0.4) is 0 Å². The Hall–Kier alpha value is -0.860. The molecule has 1 aliphatic rings. The highest BCUT2D eigenvalue weighted by atomic mass is 79.9. The predicted molar refractivity (Wildman–Crippen MR) is 81.5 cm³/mol. The van der Waals surface area contributed by atoms with Crippen LogP contribution in [-0.4, -0.2) is 31.6 Å². The first-order chi connectivity index (χ1) is 9.63. The van der Waals surface area contributed by atoms with E-state index in [2.05, 4.69) is 36.8 Å². The SMILES string of the molecule is O=C(O)CSc1nnc(C2CC2)n1Cc1ccc(Br)s1. The van der Waals surface area contributed by atoms with Crippen LogP contribution in [0.4, 0.5) is 0 Å². The summed E-state index contributed by atoms with van der Waals surface area (Å²) in [5.41, 5.74) is 0. The second-order valence-corrected chi connectivity index (χ2v) is 8.08. The average molecular weight is 374 g/mol. The lowest BCUT2D eigenvalue weighted by atomic mass is 10.4. The van der Waals surface area contributed by atoms with E-state index in [1.54, 1.807) is 11.3 Å². The third kappa shape index (κ3) is 3.24. The highest BCUT2D eigenvalue weighted by Gasteiger charge is 2.30. The first-order valence-electron chi connectivity index (χ1n) is 6.15. The fourth-order valence-corrected chi connectivity index (χ4v) is 4.06.